The minimum absolute atomic E-state index is 0.116. The lowest BCUT2D eigenvalue weighted by Gasteiger charge is -2.29. The lowest BCUT2D eigenvalue weighted by atomic mass is 9.98. The van der Waals surface area contributed by atoms with Gasteiger partial charge in [-0.1, -0.05) is 90.5 Å². The number of thiophene rings is 2. The molecule has 2 amide bonds. The fraction of sp³-hybridized carbons (Fsp3) is 0.316. The zero-order valence-corrected chi connectivity index (χ0v) is 41.6. The van der Waals surface area contributed by atoms with Gasteiger partial charge in [-0.15, -0.1) is 22.7 Å². The molecule has 11 heteroatoms. The third-order valence-corrected chi connectivity index (χ3v) is 15.6. The highest BCUT2D eigenvalue weighted by atomic mass is 32.1. The van der Waals surface area contributed by atoms with Crippen molar-refractivity contribution in [3.05, 3.63) is 148 Å². The van der Waals surface area contributed by atoms with Gasteiger partial charge in [0.15, 0.2) is 0 Å². The van der Waals surface area contributed by atoms with Crippen LogP contribution in [0.3, 0.4) is 0 Å². The highest BCUT2D eigenvalue weighted by Crippen LogP contribution is 2.51. The van der Waals surface area contributed by atoms with Gasteiger partial charge in [-0.25, -0.2) is 4.79 Å². The smallest absolute Gasteiger partial charge is 0.335 e. The number of carboxylic acid groups (broad SMARTS) is 1. The van der Waals surface area contributed by atoms with Crippen LogP contribution in [0.2, 0.25) is 0 Å². The average molecular weight is 948 g/mol. The summed E-state index contributed by atoms with van der Waals surface area (Å²) in [6, 6.07) is 39.6. The summed E-state index contributed by atoms with van der Waals surface area (Å²) in [4.78, 5) is 52.1. The molecule has 2 aliphatic rings. The first-order valence-corrected chi connectivity index (χ1v) is 25.6. The number of hydrogen-bond acceptors (Lipinski definition) is 8. The molecule has 4 heterocycles. The van der Waals surface area contributed by atoms with Gasteiger partial charge in [0.1, 0.15) is 11.5 Å². The number of unbranched alkanes of at least 4 members (excludes halogenated alkanes) is 2. The molecule has 352 valence electrons. The van der Waals surface area contributed by atoms with Crippen molar-refractivity contribution in [3.63, 3.8) is 0 Å². The molecule has 0 bridgehead atoms. The maximum absolute atomic E-state index is 15.3. The van der Waals surface area contributed by atoms with Gasteiger partial charge in [0.25, 0.3) is 11.8 Å². The Kier molecular flexibility index (Phi) is 15.3. The number of aromatic carboxylic acids is 1. The molecule has 68 heavy (non-hydrogen) atoms. The monoisotopic (exact) mass is 947 g/mol. The van der Waals surface area contributed by atoms with Crippen LogP contribution in [0.5, 0.6) is 11.5 Å². The third-order valence-electron chi connectivity index (χ3n) is 13.3. The van der Waals surface area contributed by atoms with Gasteiger partial charge in [-0.2, -0.15) is 0 Å². The summed E-state index contributed by atoms with van der Waals surface area (Å²) in [5.41, 5.74) is 7.47. The van der Waals surface area contributed by atoms with E-state index in [9.17, 15) is 9.90 Å². The Morgan fingerprint density at radius 2 is 0.912 bits per heavy atom. The molecule has 2 aromatic heterocycles. The standard InChI is InChI=1S/C57H61N3O6S2/c1-7-11-13-37(9-3)35-58-53(49-33-31-47(67-49)39-15-17-41(18-16-39)57(63)64)51-52(56(58)62)54(59(55(51)61)36-38(10-4)14-12-8-2)50-34-32-48(68-50)40-19-21-42(22-20-40)60(43-23-27-45(65-5)28-24-43)44-25-29-46(66-6)30-26-44/h15-34,37-38H,7-14,35-36H2,1-6H3,(H,63,64). The molecule has 2 unspecified atom stereocenters. The van der Waals surface area contributed by atoms with E-state index in [0.29, 0.717) is 35.6 Å². The maximum Gasteiger partial charge on any atom is 0.335 e. The Hall–Kier alpha value is -6.43. The number of hydrogen-bond donors (Lipinski definition) is 1. The third kappa shape index (κ3) is 9.91. The van der Waals surface area contributed by atoms with Crippen molar-refractivity contribution >= 4 is 68.9 Å². The van der Waals surface area contributed by atoms with Gasteiger partial charge in [-0.05, 0) is 133 Å². The van der Waals surface area contributed by atoms with Crippen LogP contribution in [0.15, 0.2) is 132 Å². The van der Waals surface area contributed by atoms with Gasteiger partial charge >= 0.3 is 5.97 Å². The molecule has 4 aromatic carbocycles. The lowest BCUT2D eigenvalue weighted by molar-refractivity contribution is -0.124. The van der Waals surface area contributed by atoms with Gasteiger partial charge in [0.2, 0.25) is 0 Å². The molecule has 0 saturated heterocycles. The van der Waals surface area contributed by atoms with Crippen molar-refractivity contribution in [1.82, 2.24) is 9.80 Å². The van der Waals surface area contributed by atoms with Gasteiger partial charge in [0.05, 0.1) is 52.1 Å². The molecule has 8 rings (SSSR count). The fourth-order valence-corrected chi connectivity index (χ4v) is 11.5. The van der Waals surface area contributed by atoms with Crippen LogP contribution in [-0.2, 0) is 9.59 Å². The van der Waals surface area contributed by atoms with Gasteiger partial charge in [-0.3, -0.25) is 9.59 Å². The molecular formula is C57H61N3O6S2. The Labute approximate surface area is 409 Å². The van der Waals surface area contributed by atoms with Crippen LogP contribution in [0.4, 0.5) is 17.1 Å². The number of rotatable bonds is 22. The molecule has 0 aliphatic carbocycles. The normalized spacial score (nSPS) is 14.5. The second-order valence-corrected chi connectivity index (χ2v) is 19.8. The summed E-state index contributed by atoms with van der Waals surface area (Å²) in [7, 11) is 3.33. The van der Waals surface area contributed by atoms with E-state index in [1.54, 1.807) is 37.7 Å². The number of methoxy groups -OCH3 is 2. The molecule has 0 radical (unpaired) electrons. The van der Waals surface area contributed by atoms with Crippen molar-refractivity contribution in [2.75, 3.05) is 32.2 Å². The number of carbonyl (C=O) groups is 3. The van der Waals surface area contributed by atoms with E-state index < -0.39 is 5.97 Å². The Morgan fingerprint density at radius 3 is 1.26 bits per heavy atom. The molecule has 1 N–H and O–H groups in total. The first-order chi connectivity index (χ1) is 33.1. The van der Waals surface area contributed by atoms with E-state index in [-0.39, 0.29) is 29.2 Å². The summed E-state index contributed by atoms with van der Waals surface area (Å²) < 4.78 is 10.9. The Morgan fingerprint density at radius 1 is 0.544 bits per heavy atom. The highest BCUT2D eigenvalue weighted by Gasteiger charge is 2.50. The summed E-state index contributed by atoms with van der Waals surface area (Å²) in [6.45, 7) is 9.84. The van der Waals surface area contributed by atoms with Crippen molar-refractivity contribution in [1.29, 1.82) is 0 Å². The second-order valence-electron chi connectivity index (χ2n) is 17.6. The predicted octanol–water partition coefficient (Wildman–Crippen LogP) is 14.6. The summed E-state index contributed by atoms with van der Waals surface area (Å²) in [5, 5.41) is 9.54. The number of carbonyl (C=O) groups excluding carboxylic acids is 2. The zero-order valence-electron chi connectivity index (χ0n) is 39.9. The number of amides is 2. The molecule has 0 fully saturated rings. The topological polar surface area (TPSA) is 99.6 Å². The minimum Gasteiger partial charge on any atom is -0.497 e. The number of fused-ring (bicyclic) bond motifs is 1. The van der Waals surface area contributed by atoms with Crippen molar-refractivity contribution in [2.45, 2.75) is 79.1 Å². The second kappa shape index (κ2) is 21.7. The molecule has 0 spiro atoms. The van der Waals surface area contributed by atoms with E-state index in [4.69, 9.17) is 9.47 Å². The molecule has 2 aliphatic heterocycles. The first-order valence-electron chi connectivity index (χ1n) is 24.0. The molecule has 0 saturated carbocycles. The van der Waals surface area contributed by atoms with Crippen LogP contribution < -0.4 is 14.4 Å². The maximum atomic E-state index is 15.3. The molecular weight excluding hydrogens is 887 g/mol. The highest BCUT2D eigenvalue weighted by molar-refractivity contribution is 7.17. The van der Waals surface area contributed by atoms with Crippen molar-refractivity contribution in [3.8, 4) is 32.4 Å². The summed E-state index contributed by atoms with van der Waals surface area (Å²) >= 11 is 3.15. The number of anilines is 3. The average Bonchev–Trinajstić information content (AvgIpc) is 4.17. The van der Waals surface area contributed by atoms with Crippen LogP contribution in [0, 0.1) is 11.8 Å². The largest absolute Gasteiger partial charge is 0.497 e. The van der Waals surface area contributed by atoms with E-state index in [1.165, 1.54) is 11.3 Å². The van der Waals surface area contributed by atoms with Crippen molar-refractivity contribution < 1.29 is 29.0 Å². The minimum atomic E-state index is -0.975. The molecule has 9 nitrogen and oxygen atoms in total. The number of carboxylic acids is 1. The lowest BCUT2D eigenvalue weighted by Crippen LogP contribution is -2.34. The van der Waals surface area contributed by atoms with Gasteiger partial charge in [0, 0.05) is 39.9 Å². The zero-order chi connectivity index (χ0) is 47.9. The fourth-order valence-electron chi connectivity index (χ4n) is 9.31. The molecule has 2 atom stereocenters. The van der Waals surface area contributed by atoms with E-state index in [2.05, 4.69) is 69.0 Å². The number of benzene rings is 4. The number of nitrogens with zero attached hydrogens (tertiary/aromatic N) is 3. The quantitative estimate of drug-likeness (QED) is 0.0723. The van der Waals surface area contributed by atoms with E-state index >= 15 is 9.59 Å². The Bertz CT molecular complexity index is 2740. The van der Waals surface area contributed by atoms with Crippen LogP contribution in [0.25, 0.3) is 32.3 Å². The molecule has 6 aromatic rings. The van der Waals surface area contributed by atoms with E-state index in [1.807, 2.05) is 82.6 Å². The number of ether oxygens (including phenoxy) is 2. The SMILES string of the molecule is CCCCC(CC)CN1C(=O)C2=C(c3ccc(-c4ccc(N(c5ccc(OC)cc5)c5ccc(OC)cc5)cc4)s3)N(CC(CC)CCCC)C(=O)C2=C1c1ccc(-c2ccc(C(=O)O)cc2)s1. The van der Waals surface area contributed by atoms with Crippen LogP contribution >= 0.6 is 22.7 Å². The summed E-state index contributed by atoms with van der Waals surface area (Å²) in [5.74, 6) is 0.897. The first kappa shape index (κ1) is 48.0. The summed E-state index contributed by atoms with van der Waals surface area (Å²) in [6.07, 6.45) is 8.13. The van der Waals surface area contributed by atoms with Gasteiger partial charge < -0.3 is 29.3 Å². The Balaban J connectivity index is 1.21. The van der Waals surface area contributed by atoms with Crippen molar-refractivity contribution in [2.24, 2.45) is 11.8 Å². The van der Waals surface area contributed by atoms with E-state index in [0.717, 1.165) is 111 Å². The van der Waals surface area contributed by atoms with Crippen LogP contribution in [0.1, 0.15) is 99.2 Å². The predicted molar refractivity (Wildman–Crippen MR) is 278 cm³/mol. The van der Waals surface area contributed by atoms with Crippen LogP contribution in [-0.4, -0.2) is 60.0 Å².